The SMILES string of the molecule is NCC(C(=O)NCc1ccncc1)c1ccc(F)cc1. The number of benzene rings is 1. The predicted octanol–water partition coefficient (Wildman–Crippen LogP) is 1.58. The van der Waals surface area contributed by atoms with Crippen LogP contribution >= 0.6 is 0 Å². The van der Waals surface area contributed by atoms with Crippen LogP contribution in [0.4, 0.5) is 4.39 Å². The first-order valence-electron chi connectivity index (χ1n) is 6.33. The average molecular weight is 273 g/mol. The molecule has 2 aromatic rings. The number of halogens is 1. The summed E-state index contributed by atoms with van der Waals surface area (Å²) in [5, 5.41) is 2.82. The van der Waals surface area contributed by atoms with Gasteiger partial charge in [0, 0.05) is 25.5 Å². The fraction of sp³-hybridized carbons (Fsp3) is 0.200. The summed E-state index contributed by atoms with van der Waals surface area (Å²) < 4.78 is 12.9. The maximum absolute atomic E-state index is 12.9. The van der Waals surface area contributed by atoms with Crippen molar-refractivity contribution in [2.75, 3.05) is 6.54 Å². The van der Waals surface area contributed by atoms with E-state index < -0.39 is 5.92 Å². The highest BCUT2D eigenvalue weighted by Gasteiger charge is 2.18. The summed E-state index contributed by atoms with van der Waals surface area (Å²) in [4.78, 5) is 16.0. The second kappa shape index (κ2) is 6.77. The summed E-state index contributed by atoms with van der Waals surface area (Å²) in [7, 11) is 0. The Balaban J connectivity index is 2.00. The molecule has 0 radical (unpaired) electrons. The number of amides is 1. The summed E-state index contributed by atoms with van der Waals surface area (Å²) in [5.41, 5.74) is 7.32. The van der Waals surface area contributed by atoms with E-state index >= 15 is 0 Å². The molecule has 3 N–H and O–H groups in total. The summed E-state index contributed by atoms with van der Waals surface area (Å²) >= 11 is 0. The molecule has 0 aliphatic heterocycles. The average Bonchev–Trinajstić information content (AvgIpc) is 2.49. The van der Waals surface area contributed by atoms with Crippen LogP contribution in [0.5, 0.6) is 0 Å². The smallest absolute Gasteiger partial charge is 0.229 e. The maximum Gasteiger partial charge on any atom is 0.229 e. The number of pyridine rings is 1. The van der Waals surface area contributed by atoms with Crippen LogP contribution in [0.15, 0.2) is 48.8 Å². The standard InChI is InChI=1S/C15H16FN3O/c16-13-3-1-12(2-4-13)14(9-17)15(20)19-10-11-5-7-18-8-6-11/h1-8,14H,9-10,17H2,(H,19,20). The normalized spacial score (nSPS) is 11.9. The fourth-order valence-corrected chi connectivity index (χ4v) is 1.90. The molecule has 0 saturated carbocycles. The quantitative estimate of drug-likeness (QED) is 0.869. The zero-order valence-corrected chi connectivity index (χ0v) is 10.9. The van der Waals surface area contributed by atoms with Gasteiger partial charge in [-0.05, 0) is 35.4 Å². The number of nitrogens with two attached hydrogens (primary N) is 1. The molecule has 0 fully saturated rings. The zero-order chi connectivity index (χ0) is 14.4. The van der Waals surface area contributed by atoms with Crippen LogP contribution in [-0.4, -0.2) is 17.4 Å². The van der Waals surface area contributed by atoms with E-state index in [1.54, 1.807) is 24.5 Å². The largest absolute Gasteiger partial charge is 0.351 e. The third kappa shape index (κ3) is 3.61. The minimum absolute atomic E-state index is 0.170. The van der Waals surface area contributed by atoms with Gasteiger partial charge >= 0.3 is 0 Å². The Bertz CT molecular complexity index is 557. The summed E-state index contributed by atoms with van der Waals surface area (Å²) in [6, 6.07) is 9.48. The van der Waals surface area contributed by atoms with Gasteiger partial charge in [0.2, 0.25) is 5.91 Å². The van der Waals surface area contributed by atoms with E-state index in [0.29, 0.717) is 12.1 Å². The van der Waals surface area contributed by atoms with E-state index in [1.165, 1.54) is 12.1 Å². The van der Waals surface area contributed by atoms with E-state index in [-0.39, 0.29) is 18.3 Å². The van der Waals surface area contributed by atoms with E-state index in [1.807, 2.05) is 12.1 Å². The number of hydrogen-bond acceptors (Lipinski definition) is 3. The molecular weight excluding hydrogens is 257 g/mol. The lowest BCUT2D eigenvalue weighted by atomic mass is 9.98. The number of nitrogens with zero attached hydrogens (tertiary/aromatic N) is 1. The molecule has 0 aliphatic carbocycles. The molecule has 5 heteroatoms. The highest BCUT2D eigenvalue weighted by Crippen LogP contribution is 2.15. The van der Waals surface area contributed by atoms with Crippen LogP contribution in [0, 0.1) is 5.82 Å². The first kappa shape index (κ1) is 14.1. The number of carbonyl (C=O) groups is 1. The second-order valence-electron chi connectivity index (χ2n) is 4.41. The Kier molecular flexibility index (Phi) is 4.79. The van der Waals surface area contributed by atoms with Crippen LogP contribution in [-0.2, 0) is 11.3 Å². The Labute approximate surface area is 116 Å². The third-order valence-corrected chi connectivity index (χ3v) is 3.04. The number of rotatable bonds is 5. The van der Waals surface area contributed by atoms with Crippen molar-refractivity contribution in [3.05, 3.63) is 65.7 Å². The van der Waals surface area contributed by atoms with E-state index in [4.69, 9.17) is 5.73 Å². The minimum atomic E-state index is -0.475. The van der Waals surface area contributed by atoms with Gasteiger partial charge in [-0.2, -0.15) is 0 Å². The molecule has 0 bridgehead atoms. The summed E-state index contributed by atoms with van der Waals surface area (Å²) in [6.07, 6.45) is 3.34. The van der Waals surface area contributed by atoms with E-state index in [0.717, 1.165) is 5.56 Å². The van der Waals surface area contributed by atoms with Gasteiger partial charge in [0.15, 0.2) is 0 Å². The lowest BCUT2D eigenvalue weighted by molar-refractivity contribution is -0.122. The van der Waals surface area contributed by atoms with Crippen molar-refractivity contribution in [2.24, 2.45) is 5.73 Å². The van der Waals surface area contributed by atoms with Gasteiger partial charge in [0.25, 0.3) is 0 Å². The van der Waals surface area contributed by atoms with Crippen molar-refractivity contribution >= 4 is 5.91 Å². The Morgan fingerprint density at radius 1 is 1.20 bits per heavy atom. The van der Waals surface area contributed by atoms with Crippen molar-refractivity contribution < 1.29 is 9.18 Å². The van der Waals surface area contributed by atoms with Crippen molar-refractivity contribution in [1.29, 1.82) is 0 Å². The van der Waals surface area contributed by atoms with Crippen molar-refractivity contribution in [3.8, 4) is 0 Å². The van der Waals surface area contributed by atoms with Gasteiger partial charge in [-0.3, -0.25) is 9.78 Å². The van der Waals surface area contributed by atoms with Gasteiger partial charge in [-0.15, -0.1) is 0 Å². The molecule has 1 unspecified atom stereocenters. The number of carbonyl (C=O) groups excluding carboxylic acids is 1. The molecule has 0 aliphatic rings. The molecule has 4 nitrogen and oxygen atoms in total. The van der Waals surface area contributed by atoms with Crippen molar-refractivity contribution in [3.63, 3.8) is 0 Å². The summed E-state index contributed by atoms with van der Waals surface area (Å²) in [6.45, 7) is 0.590. The Hall–Kier alpha value is -2.27. The summed E-state index contributed by atoms with van der Waals surface area (Å²) in [5.74, 6) is -0.977. The molecule has 0 spiro atoms. The molecule has 1 aromatic heterocycles. The van der Waals surface area contributed by atoms with Crippen molar-refractivity contribution in [2.45, 2.75) is 12.5 Å². The fourth-order valence-electron chi connectivity index (χ4n) is 1.90. The molecule has 1 atom stereocenters. The van der Waals surface area contributed by atoms with Crippen LogP contribution in [0.3, 0.4) is 0 Å². The third-order valence-electron chi connectivity index (χ3n) is 3.04. The van der Waals surface area contributed by atoms with Gasteiger partial charge in [-0.25, -0.2) is 4.39 Å². The molecule has 104 valence electrons. The Morgan fingerprint density at radius 3 is 2.45 bits per heavy atom. The molecular formula is C15H16FN3O. The zero-order valence-electron chi connectivity index (χ0n) is 10.9. The molecule has 1 amide bonds. The van der Waals surface area contributed by atoms with Crippen LogP contribution in [0.1, 0.15) is 17.0 Å². The van der Waals surface area contributed by atoms with E-state index in [2.05, 4.69) is 10.3 Å². The van der Waals surface area contributed by atoms with Crippen molar-refractivity contribution in [1.82, 2.24) is 10.3 Å². The number of hydrogen-bond donors (Lipinski definition) is 2. The molecule has 0 saturated heterocycles. The molecule has 20 heavy (non-hydrogen) atoms. The van der Waals surface area contributed by atoms with Crippen LogP contribution in [0.25, 0.3) is 0 Å². The molecule has 1 heterocycles. The molecule has 1 aromatic carbocycles. The second-order valence-corrected chi connectivity index (χ2v) is 4.41. The van der Waals surface area contributed by atoms with Gasteiger partial charge < -0.3 is 11.1 Å². The topological polar surface area (TPSA) is 68.0 Å². The first-order chi connectivity index (χ1) is 9.70. The van der Waals surface area contributed by atoms with Crippen LogP contribution < -0.4 is 11.1 Å². The number of aromatic nitrogens is 1. The van der Waals surface area contributed by atoms with Gasteiger partial charge in [0.1, 0.15) is 5.82 Å². The number of nitrogens with one attached hydrogen (secondary N) is 1. The maximum atomic E-state index is 12.9. The van der Waals surface area contributed by atoms with Gasteiger partial charge in [0.05, 0.1) is 5.92 Å². The van der Waals surface area contributed by atoms with E-state index in [9.17, 15) is 9.18 Å². The minimum Gasteiger partial charge on any atom is -0.351 e. The first-order valence-corrected chi connectivity index (χ1v) is 6.33. The van der Waals surface area contributed by atoms with Crippen LogP contribution in [0.2, 0.25) is 0 Å². The predicted molar refractivity (Wildman–Crippen MR) is 74.3 cm³/mol. The molecule has 2 rings (SSSR count). The Morgan fingerprint density at radius 2 is 1.85 bits per heavy atom. The lowest BCUT2D eigenvalue weighted by Crippen LogP contribution is -2.33. The lowest BCUT2D eigenvalue weighted by Gasteiger charge is -2.15. The highest BCUT2D eigenvalue weighted by molar-refractivity contribution is 5.83. The highest BCUT2D eigenvalue weighted by atomic mass is 19.1. The van der Waals surface area contributed by atoms with Gasteiger partial charge in [-0.1, -0.05) is 12.1 Å². The monoisotopic (exact) mass is 273 g/mol.